The van der Waals surface area contributed by atoms with E-state index >= 15 is 0 Å². The third-order valence-electron chi connectivity index (χ3n) is 3.68. The normalized spacial score (nSPS) is 10.8. The number of aromatic nitrogens is 3. The molecule has 0 radical (unpaired) electrons. The zero-order valence-corrected chi connectivity index (χ0v) is 14.9. The summed E-state index contributed by atoms with van der Waals surface area (Å²) in [6, 6.07) is 13.8. The van der Waals surface area contributed by atoms with E-state index in [1.165, 1.54) is 0 Å². The van der Waals surface area contributed by atoms with Gasteiger partial charge in [0.1, 0.15) is 12.1 Å². The number of rotatable bonds is 8. The molecule has 3 aromatic rings. The van der Waals surface area contributed by atoms with Crippen LogP contribution in [0.15, 0.2) is 59.5 Å². The van der Waals surface area contributed by atoms with Crippen LogP contribution in [-0.2, 0) is 17.9 Å². The Labute approximate surface area is 151 Å². The molecule has 7 heteroatoms. The minimum Gasteiger partial charge on any atom is -0.467 e. The predicted molar refractivity (Wildman–Crippen MR) is 98.0 cm³/mol. The summed E-state index contributed by atoms with van der Waals surface area (Å²) in [5, 5.41) is 0. The van der Waals surface area contributed by atoms with Crippen molar-refractivity contribution in [2.45, 2.75) is 13.2 Å². The second kappa shape index (κ2) is 8.55. The minimum absolute atomic E-state index is 0.471. The van der Waals surface area contributed by atoms with E-state index in [1.54, 1.807) is 17.2 Å². The van der Waals surface area contributed by atoms with Crippen molar-refractivity contribution in [1.29, 1.82) is 0 Å². The van der Waals surface area contributed by atoms with Gasteiger partial charge >= 0.3 is 0 Å². The molecule has 0 aliphatic carbocycles. The first-order chi connectivity index (χ1) is 12.2. The van der Waals surface area contributed by atoms with Gasteiger partial charge in [-0.2, -0.15) is 4.98 Å². The van der Waals surface area contributed by atoms with Gasteiger partial charge in [-0.05, 0) is 29.9 Å². The lowest BCUT2D eigenvalue weighted by molar-refractivity contribution is 0.127. The van der Waals surface area contributed by atoms with Crippen LogP contribution in [0.4, 0.5) is 5.95 Å². The summed E-state index contributed by atoms with van der Waals surface area (Å²) in [7, 11) is 1.92. The van der Waals surface area contributed by atoms with Crippen LogP contribution in [0.2, 0.25) is 0 Å². The van der Waals surface area contributed by atoms with Crippen LogP contribution in [0.25, 0.3) is 0 Å². The monoisotopic (exact) mass is 356 g/mol. The van der Waals surface area contributed by atoms with Gasteiger partial charge in [-0.15, -0.1) is 0 Å². The molecule has 0 bridgehead atoms. The van der Waals surface area contributed by atoms with Gasteiger partial charge in [0.05, 0.1) is 26.0 Å². The maximum absolute atomic E-state index is 5.70. The van der Waals surface area contributed by atoms with Crippen LogP contribution >= 0.6 is 12.2 Å². The molecule has 0 fully saturated rings. The van der Waals surface area contributed by atoms with Crippen molar-refractivity contribution in [3.8, 4) is 0 Å². The zero-order chi connectivity index (χ0) is 17.5. The second-order valence-electron chi connectivity index (χ2n) is 5.61. The molecule has 0 aliphatic heterocycles. The molecule has 2 heterocycles. The summed E-state index contributed by atoms with van der Waals surface area (Å²) in [6.07, 6.45) is 3.33. The highest BCUT2D eigenvalue weighted by molar-refractivity contribution is 7.71. The summed E-state index contributed by atoms with van der Waals surface area (Å²) >= 11 is 5.34. The topological polar surface area (TPSA) is 56.3 Å². The number of anilines is 1. The van der Waals surface area contributed by atoms with Gasteiger partial charge in [-0.25, -0.2) is 4.98 Å². The molecule has 0 N–H and O–H groups in total. The Hall–Kier alpha value is -2.51. The molecular weight excluding hydrogens is 336 g/mol. The summed E-state index contributed by atoms with van der Waals surface area (Å²) in [5.74, 6) is 1.40. The average Bonchev–Trinajstić information content (AvgIpc) is 3.14. The molecular formula is C18H20N4O2S. The Bertz CT molecular complexity index is 834. The van der Waals surface area contributed by atoms with Crippen LogP contribution in [0.3, 0.4) is 0 Å². The van der Waals surface area contributed by atoms with Crippen molar-refractivity contribution in [2.24, 2.45) is 0 Å². The molecule has 2 aromatic heterocycles. The average molecular weight is 356 g/mol. The van der Waals surface area contributed by atoms with Gasteiger partial charge in [0, 0.05) is 13.6 Å². The van der Waals surface area contributed by atoms with E-state index in [0.717, 1.165) is 11.3 Å². The number of nitrogens with zero attached hydrogens (tertiary/aromatic N) is 4. The smallest absolute Gasteiger partial charge is 0.229 e. The first-order valence-corrected chi connectivity index (χ1v) is 8.42. The number of hydrogen-bond acceptors (Lipinski definition) is 6. The zero-order valence-electron chi connectivity index (χ0n) is 14.0. The minimum atomic E-state index is 0.471. The second-order valence-corrected chi connectivity index (χ2v) is 5.97. The molecule has 0 aliphatic rings. The number of benzene rings is 1. The molecule has 1 aromatic carbocycles. The van der Waals surface area contributed by atoms with E-state index in [0.29, 0.717) is 37.0 Å². The van der Waals surface area contributed by atoms with Crippen molar-refractivity contribution in [1.82, 2.24) is 14.5 Å². The number of furan rings is 1. The number of hydrogen-bond donors (Lipinski definition) is 0. The maximum atomic E-state index is 5.70. The molecule has 3 rings (SSSR count). The summed E-state index contributed by atoms with van der Waals surface area (Å²) in [6.45, 7) is 2.39. The molecule has 0 saturated heterocycles. The number of likely N-dealkylation sites (N-methyl/N-ethyl adjacent to an activating group) is 1. The van der Waals surface area contributed by atoms with Crippen molar-refractivity contribution in [2.75, 3.05) is 25.1 Å². The molecule has 0 atom stereocenters. The van der Waals surface area contributed by atoms with Gasteiger partial charge in [0.15, 0.2) is 0 Å². The van der Waals surface area contributed by atoms with Gasteiger partial charge in [-0.3, -0.25) is 4.57 Å². The molecule has 0 amide bonds. The highest BCUT2D eigenvalue weighted by Crippen LogP contribution is 2.07. The van der Waals surface area contributed by atoms with E-state index < -0.39 is 0 Å². The first kappa shape index (κ1) is 17.3. The van der Waals surface area contributed by atoms with E-state index in [-0.39, 0.29) is 0 Å². The van der Waals surface area contributed by atoms with Crippen LogP contribution in [0, 0.1) is 4.77 Å². The lowest BCUT2D eigenvalue weighted by Crippen LogP contribution is -2.25. The molecule has 0 spiro atoms. The summed E-state index contributed by atoms with van der Waals surface area (Å²) in [5.41, 5.74) is 1.16. The third-order valence-corrected chi connectivity index (χ3v) is 4.01. The molecule has 130 valence electrons. The van der Waals surface area contributed by atoms with Crippen LogP contribution in [0.5, 0.6) is 0 Å². The fraction of sp³-hybridized carbons (Fsp3) is 0.278. The molecule has 0 unspecified atom stereocenters. The van der Waals surface area contributed by atoms with Crippen LogP contribution in [0.1, 0.15) is 11.3 Å². The quantitative estimate of drug-likeness (QED) is 0.456. The van der Waals surface area contributed by atoms with E-state index in [1.807, 2.05) is 54.4 Å². The van der Waals surface area contributed by atoms with Crippen molar-refractivity contribution >= 4 is 18.2 Å². The Morgan fingerprint density at radius 2 is 2.04 bits per heavy atom. The fourth-order valence-electron chi connectivity index (χ4n) is 2.28. The lowest BCUT2D eigenvalue weighted by Gasteiger charge is -2.17. The lowest BCUT2D eigenvalue weighted by atomic mass is 10.2. The molecule has 25 heavy (non-hydrogen) atoms. The Kier molecular flexibility index (Phi) is 5.92. The standard InChI is InChI=1S/C18H20N4O2S/c1-21(9-11-23-13-15-6-3-2-4-7-15)17-19-14-22(18(25)20-17)12-16-8-5-10-24-16/h2-8,10,14H,9,11-13H2,1H3. The SMILES string of the molecule is CN(CCOCc1ccccc1)c1ncn(Cc2ccco2)c(=S)n1. The first-order valence-electron chi connectivity index (χ1n) is 8.01. The Balaban J connectivity index is 1.51. The number of ether oxygens (including phenoxy) is 1. The van der Waals surface area contributed by atoms with E-state index in [4.69, 9.17) is 21.4 Å². The Morgan fingerprint density at radius 1 is 1.20 bits per heavy atom. The van der Waals surface area contributed by atoms with Crippen molar-refractivity contribution in [3.63, 3.8) is 0 Å². The summed E-state index contributed by atoms with van der Waals surface area (Å²) < 4.78 is 13.3. The Morgan fingerprint density at radius 3 is 2.76 bits per heavy atom. The van der Waals surface area contributed by atoms with Crippen molar-refractivity contribution < 1.29 is 9.15 Å². The molecule has 0 saturated carbocycles. The largest absolute Gasteiger partial charge is 0.467 e. The highest BCUT2D eigenvalue weighted by Gasteiger charge is 2.07. The van der Waals surface area contributed by atoms with Gasteiger partial charge in [0.2, 0.25) is 10.7 Å². The van der Waals surface area contributed by atoms with Crippen LogP contribution in [-0.4, -0.2) is 34.7 Å². The fourth-order valence-corrected chi connectivity index (χ4v) is 2.47. The summed E-state index contributed by atoms with van der Waals surface area (Å²) in [4.78, 5) is 10.7. The van der Waals surface area contributed by atoms with E-state index in [2.05, 4.69) is 9.97 Å². The van der Waals surface area contributed by atoms with E-state index in [9.17, 15) is 0 Å². The van der Waals surface area contributed by atoms with Gasteiger partial charge < -0.3 is 14.1 Å². The van der Waals surface area contributed by atoms with Crippen LogP contribution < -0.4 is 4.90 Å². The highest BCUT2D eigenvalue weighted by atomic mass is 32.1. The van der Waals surface area contributed by atoms with Gasteiger partial charge in [0.25, 0.3) is 0 Å². The van der Waals surface area contributed by atoms with Gasteiger partial charge in [-0.1, -0.05) is 30.3 Å². The predicted octanol–water partition coefficient (Wildman–Crippen LogP) is 3.30. The maximum Gasteiger partial charge on any atom is 0.229 e. The van der Waals surface area contributed by atoms with Crippen molar-refractivity contribution in [3.05, 3.63) is 71.1 Å². The third kappa shape index (κ3) is 4.98. The molecule has 6 nitrogen and oxygen atoms in total.